The molecule has 0 saturated carbocycles. The van der Waals surface area contributed by atoms with Crippen LogP contribution in [-0.4, -0.2) is 44.1 Å². The van der Waals surface area contributed by atoms with E-state index in [-0.39, 0.29) is 17.4 Å². The molecule has 2 aromatic rings. The third-order valence-electron chi connectivity index (χ3n) is 6.66. The maximum Gasteiger partial charge on any atom is 0.416 e. The second-order valence-electron chi connectivity index (χ2n) is 8.39. The monoisotopic (exact) mass is 432 g/mol. The lowest BCUT2D eigenvalue weighted by molar-refractivity contribution is -0.137. The van der Waals surface area contributed by atoms with Crippen LogP contribution in [0, 0.1) is 0 Å². The molecule has 1 atom stereocenters. The van der Waals surface area contributed by atoms with Gasteiger partial charge in [-0.1, -0.05) is 24.3 Å². The molecule has 1 N–H and O–H groups in total. The van der Waals surface area contributed by atoms with Gasteiger partial charge in [-0.3, -0.25) is 4.79 Å². The molecule has 0 radical (unpaired) electrons. The van der Waals surface area contributed by atoms with Crippen LogP contribution in [0.4, 0.5) is 13.2 Å². The fourth-order valence-electron chi connectivity index (χ4n) is 4.67. The van der Waals surface area contributed by atoms with E-state index in [0.717, 1.165) is 55.6 Å². The Hall–Kier alpha value is -2.38. The van der Waals surface area contributed by atoms with Crippen molar-refractivity contribution in [2.75, 3.05) is 33.3 Å². The number of halogens is 3. The zero-order chi connectivity index (χ0) is 22.1. The highest BCUT2D eigenvalue weighted by Crippen LogP contribution is 2.34. The minimum atomic E-state index is -4.32. The molecule has 166 valence electrons. The first kappa shape index (κ1) is 21.8. The Morgan fingerprint density at radius 1 is 1.06 bits per heavy atom. The van der Waals surface area contributed by atoms with Crippen molar-refractivity contribution in [3.05, 3.63) is 70.8 Å². The summed E-state index contributed by atoms with van der Waals surface area (Å²) in [6.07, 6.45) is -1.93. The Kier molecular flexibility index (Phi) is 6.08. The molecule has 4 nitrogen and oxygen atoms in total. The predicted molar refractivity (Wildman–Crippen MR) is 112 cm³/mol. The van der Waals surface area contributed by atoms with Crippen molar-refractivity contribution in [2.24, 2.45) is 0 Å². The summed E-state index contributed by atoms with van der Waals surface area (Å²) in [4.78, 5) is 14.8. The number of carbonyl (C=O) groups is 1. The molecule has 0 bridgehead atoms. The molecule has 2 saturated heterocycles. The normalized spacial score (nSPS) is 22.6. The van der Waals surface area contributed by atoms with Crippen molar-refractivity contribution in [1.29, 1.82) is 0 Å². The van der Waals surface area contributed by atoms with Crippen molar-refractivity contribution in [1.82, 2.24) is 10.2 Å². The average molecular weight is 432 g/mol. The Morgan fingerprint density at radius 3 is 2.23 bits per heavy atom. The zero-order valence-electron chi connectivity index (χ0n) is 17.5. The summed E-state index contributed by atoms with van der Waals surface area (Å²) in [5.41, 5.74) is 1.66. The SMILES string of the molecule is COC1(c2ccc(C(=O)N3CCC(c4ccc(C(F)(F)F)cc4)CC3)cc2)CCNC1. The fraction of sp³-hybridized carbons (Fsp3) is 0.458. The first-order chi connectivity index (χ1) is 14.8. The Morgan fingerprint density at radius 2 is 1.71 bits per heavy atom. The minimum Gasteiger partial charge on any atom is -0.372 e. The standard InChI is InChI=1S/C24H27F3N2O2/c1-31-23(12-13-28-16-23)20-6-4-19(5-7-20)22(30)29-14-10-18(11-15-29)17-2-8-21(9-3-17)24(25,26)27/h2-9,18,28H,10-16H2,1H3. The van der Waals surface area contributed by atoms with Crippen LogP contribution < -0.4 is 5.32 Å². The summed E-state index contributed by atoms with van der Waals surface area (Å²) in [5.74, 6) is 0.165. The van der Waals surface area contributed by atoms with E-state index in [0.29, 0.717) is 18.7 Å². The number of hydrogen-bond acceptors (Lipinski definition) is 3. The number of amides is 1. The number of carbonyl (C=O) groups excluding carboxylic acids is 1. The van der Waals surface area contributed by atoms with E-state index in [1.54, 1.807) is 19.2 Å². The summed E-state index contributed by atoms with van der Waals surface area (Å²) in [6, 6.07) is 13.1. The third-order valence-corrected chi connectivity index (χ3v) is 6.66. The van der Waals surface area contributed by atoms with E-state index >= 15 is 0 Å². The Bertz CT molecular complexity index is 896. The highest BCUT2D eigenvalue weighted by atomic mass is 19.4. The van der Waals surface area contributed by atoms with E-state index in [4.69, 9.17) is 4.74 Å². The molecule has 0 aromatic heterocycles. The molecule has 2 aliphatic heterocycles. The zero-order valence-corrected chi connectivity index (χ0v) is 17.5. The highest BCUT2D eigenvalue weighted by Gasteiger charge is 2.36. The van der Waals surface area contributed by atoms with Gasteiger partial charge in [0.1, 0.15) is 5.60 Å². The molecular weight excluding hydrogens is 405 g/mol. The van der Waals surface area contributed by atoms with Crippen LogP contribution in [0.1, 0.15) is 52.2 Å². The van der Waals surface area contributed by atoms with Gasteiger partial charge >= 0.3 is 6.18 Å². The molecule has 4 rings (SSSR count). The lowest BCUT2D eigenvalue weighted by Gasteiger charge is -2.32. The number of hydrogen-bond donors (Lipinski definition) is 1. The molecule has 2 aromatic carbocycles. The lowest BCUT2D eigenvalue weighted by atomic mass is 9.88. The molecule has 2 fully saturated rings. The highest BCUT2D eigenvalue weighted by molar-refractivity contribution is 5.94. The maximum absolute atomic E-state index is 12.9. The van der Waals surface area contributed by atoms with Gasteiger partial charge in [0.2, 0.25) is 0 Å². The van der Waals surface area contributed by atoms with Crippen LogP contribution in [0.3, 0.4) is 0 Å². The van der Waals surface area contributed by atoms with E-state index in [2.05, 4.69) is 5.32 Å². The maximum atomic E-state index is 12.9. The number of ether oxygens (including phenoxy) is 1. The van der Waals surface area contributed by atoms with Crippen molar-refractivity contribution >= 4 is 5.91 Å². The first-order valence-corrected chi connectivity index (χ1v) is 10.7. The van der Waals surface area contributed by atoms with E-state index in [1.807, 2.05) is 29.2 Å². The van der Waals surface area contributed by atoms with E-state index < -0.39 is 11.7 Å². The van der Waals surface area contributed by atoms with Crippen molar-refractivity contribution in [3.63, 3.8) is 0 Å². The van der Waals surface area contributed by atoms with Crippen molar-refractivity contribution in [3.8, 4) is 0 Å². The first-order valence-electron chi connectivity index (χ1n) is 10.7. The number of nitrogens with one attached hydrogen (secondary N) is 1. The van der Waals surface area contributed by atoms with Gasteiger partial charge in [-0.15, -0.1) is 0 Å². The number of alkyl halides is 3. The van der Waals surface area contributed by atoms with Crippen LogP contribution in [0.5, 0.6) is 0 Å². The number of rotatable bonds is 4. The quantitative estimate of drug-likeness (QED) is 0.770. The largest absolute Gasteiger partial charge is 0.416 e. The van der Waals surface area contributed by atoms with Crippen LogP contribution in [0.15, 0.2) is 48.5 Å². The number of likely N-dealkylation sites (tertiary alicyclic amines) is 1. The molecule has 2 heterocycles. The van der Waals surface area contributed by atoms with Crippen LogP contribution in [0.25, 0.3) is 0 Å². The second kappa shape index (κ2) is 8.63. The number of piperidine rings is 1. The molecule has 0 spiro atoms. The topological polar surface area (TPSA) is 41.6 Å². The summed E-state index contributed by atoms with van der Waals surface area (Å²) in [6.45, 7) is 2.85. The van der Waals surface area contributed by atoms with Gasteiger partial charge in [-0.05, 0) is 67.1 Å². The van der Waals surface area contributed by atoms with Crippen LogP contribution in [0.2, 0.25) is 0 Å². The molecule has 1 unspecified atom stereocenters. The lowest BCUT2D eigenvalue weighted by Crippen LogP contribution is -2.38. The van der Waals surface area contributed by atoms with Crippen LogP contribution in [-0.2, 0) is 16.5 Å². The predicted octanol–water partition coefficient (Wildman–Crippen LogP) is 4.56. The number of benzene rings is 2. The summed E-state index contributed by atoms with van der Waals surface area (Å²) < 4.78 is 44.0. The smallest absolute Gasteiger partial charge is 0.372 e. The average Bonchev–Trinajstić information content (AvgIpc) is 3.29. The number of methoxy groups -OCH3 is 1. The van der Waals surface area contributed by atoms with Gasteiger partial charge in [0.05, 0.1) is 5.56 Å². The summed E-state index contributed by atoms with van der Waals surface area (Å²) in [7, 11) is 1.72. The van der Waals surface area contributed by atoms with Crippen molar-refractivity contribution < 1.29 is 22.7 Å². The van der Waals surface area contributed by atoms with Crippen molar-refractivity contribution in [2.45, 2.75) is 37.0 Å². The second-order valence-corrected chi connectivity index (χ2v) is 8.39. The molecule has 0 aliphatic carbocycles. The summed E-state index contributed by atoms with van der Waals surface area (Å²) in [5, 5.41) is 3.32. The number of nitrogens with zero attached hydrogens (tertiary/aromatic N) is 1. The third kappa shape index (κ3) is 4.48. The van der Waals surface area contributed by atoms with Gasteiger partial charge in [0.15, 0.2) is 0 Å². The van der Waals surface area contributed by atoms with Gasteiger partial charge in [-0.25, -0.2) is 0 Å². The molecule has 2 aliphatic rings. The molecule has 31 heavy (non-hydrogen) atoms. The van der Waals surface area contributed by atoms with Gasteiger partial charge in [0.25, 0.3) is 5.91 Å². The van der Waals surface area contributed by atoms with Gasteiger partial charge in [0, 0.05) is 32.3 Å². The molecular formula is C24H27F3N2O2. The van der Waals surface area contributed by atoms with Gasteiger partial charge in [-0.2, -0.15) is 13.2 Å². The summed E-state index contributed by atoms with van der Waals surface area (Å²) >= 11 is 0. The van der Waals surface area contributed by atoms with E-state index in [1.165, 1.54) is 0 Å². The van der Waals surface area contributed by atoms with Gasteiger partial charge < -0.3 is 15.0 Å². The molecule has 1 amide bonds. The van der Waals surface area contributed by atoms with Crippen LogP contribution >= 0.6 is 0 Å². The molecule has 7 heteroatoms. The Balaban J connectivity index is 1.37. The fourth-order valence-corrected chi connectivity index (χ4v) is 4.67. The Labute approximate surface area is 180 Å². The van der Waals surface area contributed by atoms with E-state index in [9.17, 15) is 18.0 Å². The minimum absolute atomic E-state index is 0.00608.